The molecular weight excluding hydrogens is 703 g/mol. The van der Waals surface area contributed by atoms with E-state index >= 15 is 0 Å². The van der Waals surface area contributed by atoms with Crippen molar-refractivity contribution in [2.24, 2.45) is 0 Å². The summed E-state index contributed by atoms with van der Waals surface area (Å²) in [6.45, 7) is 0. The fraction of sp³-hybridized carbons (Fsp3) is 0. The molecule has 0 radical (unpaired) electrons. The third-order valence-electron chi connectivity index (χ3n) is 10.6. The van der Waals surface area contributed by atoms with Crippen LogP contribution in [0, 0.1) is 0 Å². The predicted molar refractivity (Wildman–Crippen MR) is 233 cm³/mol. The maximum absolute atomic E-state index is 6.87. The van der Waals surface area contributed by atoms with Gasteiger partial charge in [0.05, 0.1) is 0 Å². The van der Waals surface area contributed by atoms with Gasteiger partial charge in [-0.05, 0) is 40.5 Å². The number of rotatable bonds is 6. The minimum atomic E-state index is 0.602. The first-order chi connectivity index (χ1) is 27.8. The van der Waals surface area contributed by atoms with Crippen LogP contribution in [0.15, 0.2) is 192 Å². The average Bonchev–Trinajstić information content (AvgIpc) is 3.86. The first kappa shape index (κ1) is 32.2. The Balaban J connectivity index is 1.12. The van der Waals surface area contributed by atoms with Crippen LogP contribution in [0.3, 0.4) is 0 Å². The quantitative estimate of drug-likeness (QED) is 0.171. The number of thiophene rings is 1. The Bertz CT molecular complexity index is 3180. The molecule has 4 nitrogen and oxygen atoms in total. The molecular formula is C51H31N3OS. The van der Waals surface area contributed by atoms with Gasteiger partial charge in [0.25, 0.3) is 0 Å². The fourth-order valence-electron chi connectivity index (χ4n) is 7.95. The molecule has 0 saturated carbocycles. The fourth-order valence-corrected chi connectivity index (χ4v) is 9.21. The monoisotopic (exact) mass is 733 g/mol. The number of nitrogens with zero attached hydrogens (tertiary/aromatic N) is 3. The lowest BCUT2D eigenvalue weighted by Crippen LogP contribution is -2.00. The highest BCUT2D eigenvalue weighted by molar-refractivity contribution is 7.26. The van der Waals surface area contributed by atoms with Crippen molar-refractivity contribution in [3.63, 3.8) is 0 Å². The van der Waals surface area contributed by atoms with Gasteiger partial charge in [0.15, 0.2) is 17.5 Å². The van der Waals surface area contributed by atoms with E-state index in [4.69, 9.17) is 19.4 Å². The third-order valence-corrected chi connectivity index (χ3v) is 11.8. The molecule has 0 aliphatic rings. The third kappa shape index (κ3) is 5.40. The normalized spacial score (nSPS) is 11.6. The first-order valence-corrected chi connectivity index (χ1v) is 19.5. The molecule has 8 aromatic carbocycles. The summed E-state index contributed by atoms with van der Waals surface area (Å²) >= 11 is 1.84. The molecule has 0 unspecified atom stereocenters. The largest absolute Gasteiger partial charge is 0.455 e. The second-order valence-electron chi connectivity index (χ2n) is 13.9. The van der Waals surface area contributed by atoms with Crippen LogP contribution in [0.5, 0.6) is 0 Å². The molecule has 0 aliphatic carbocycles. The van der Waals surface area contributed by atoms with Gasteiger partial charge in [-0.15, -0.1) is 11.3 Å². The van der Waals surface area contributed by atoms with Crippen LogP contribution in [0.2, 0.25) is 0 Å². The molecule has 0 amide bonds. The summed E-state index contributed by atoms with van der Waals surface area (Å²) in [5.41, 5.74) is 11.4. The van der Waals surface area contributed by atoms with E-state index in [2.05, 4.69) is 115 Å². The molecule has 0 saturated heterocycles. The van der Waals surface area contributed by atoms with Crippen molar-refractivity contribution < 1.29 is 4.42 Å². The zero-order chi connectivity index (χ0) is 37.0. The van der Waals surface area contributed by atoms with Crippen LogP contribution in [0.25, 0.3) is 110 Å². The van der Waals surface area contributed by atoms with Crippen molar-refractivity contribution in [3.05, 3.63) is 188 Å². The summed E-state index contributed by atoms with van der Waals surface area (Å²) < 4.78 is 9.36. The zero-order valence-corrected chi connectivity index (χ0v) is 30.9. The second-order valence-corrected chi connectivity index (χ2v) is 15.0. The summed E-state index contributed by atoms with van der Waals surface area (Å²) in [7, 11) is 0. The van der Waals surface area contributed by atoms with Gasteiger partial charge < -0.3 is 4.42 Å². The highest BCUT2D eigenvalue weighted by Crippen LogP contribution is 2.48. The SMILES string of the molecule is c1ccc(-c2cccc(-c3ccc(-c4cccc5c4oc4cccc(-c6nc(-c7ccccc7)nc(-c7ccccc7)n6)c45)c4sc5ccccc5c34)c2)cc1. The van der Waals surface area contributed by atoms with E-state index in [1.165, 1.54) is 42.4 Å². The highest BCUT2D eigenvalue weighted by atomic mass is 32.1. The maximum Gasteiger partial charge on any atom is 0.164 e. The molecule has 262 valence electrons. The van der Waals surface area contributed by atoms with Crippen molar-refractivity contribution in [3.8, 4) is 67.5 Å². The molecule has 56 heavy (non-hydrogen) atoms. The van der Waals surface area contributed by atoms with E-state index < -0.39 is 0 Å². The van der Waals surface area contributed by atoms with Crippen LogP contribution < -0.4 is 0 Å². The predicted octanol–water partition coefficient (Wildman–Crippen LogP) is 14.1. The summed E-state index contributed by atoms with van der Waals surface area (Å²) in [5.74, 6) is 1.85. The second kappa shape index (κ2) is 13.3. The standard InChI is InChI=1S/C51H31N3OS/c1-4-15-32(16-5-1)35-21-12-22-36(31-35)37-29-30-39(48-46(37)40-23-10-11-28-44(40)56-48)38-24-13-25-41-45-42(26-14-27-43(45)55-47(38)41)51-53-49(33-17-6-2-7-18-33)52-50(54-51)34-19-8-3-9-20-34/h1-31H. The van der Waals surface area contributed by atoms with Gasteiger partial charge in [0.2, 0.25) is 0 Å². The average molecular weight is 734 g/mol. The Hall–Kier alpha value is -7.21. The lowest BCUT2D eigenvalue weighted by molar-refractivity contribution is 0.670. The molecule has 3 heterocycles. The van der Waals surface area contributed by atoms with E-state index in [0.717, 1.165) is 49.8 Å². The number of furan rings is 1. The van der Waals surface area contributed by atoms with Gasteiger partial charge >= 0.3 is 0 Å². The van der Waals surface area contributed by atoms with Gasteiger partial charge in [0.1, 0.15) is 11.2 Å². The Labute approximate surface area is 327 Å². The van der Waals surface area contributed by atoms with Crippen LogP contribution in [0.4, 0.5) is 0 Å². The Morgan fingerprint density at radius 3 is 1.66 bits per heavy atom. The van der Waals surface area contributed by atoms with Crippen molar-refractivity contribution >= 4 is 53.4 Å². The number of hydrogen-bond acceptors (Lipinski definition) is 5. The van der Waals surface area contributed by atoms with Crippen LogP contribution in [0.1, 0.15) is 0 Å². The summed E-state index contributed by atoms with van der Waals surface area (Å²) in [6.07, 6.45) is 0. The van der Waals surface area contributed by atoms with E-state index in [-0.39, 0.29) is 0 Å². The minimum Gasteiger partial charge on any atom is -0.455 e. The van der Waals surface area contributed by atoms with Gasteiger partial charge in [-0.2, -0.15) is 0 Å². The topological polar surface area (TPSA) is 51.8 Å². The molecule has 0 N–H and O–H groups in total. The molecule has 0 bridgehead atoms. The molecule has 0 fully saturated rings. The maximum atomic E-state index is 6.87. The minimum absolute atomic E-state index is 0.602. The molecule has 11 aromatic rings. The van der Waals surface area contributed by atoms with Crippen molar-refractivity contribution in [2.75, 3.05) is 0 Å². The number of aromatic nitrogens is 3. The van der Waals surface area contributed by atoms with E-state index in [0.29, 0.717) is 17.5 Å². The molecule has 0 aliphatic heterocycles. The summed E-state index contributed by atoms with van der Waals surface area (Å²) in [6, 6.07) is 65.6. The Morgan fingerprint density at radius 2 is 0.911 bits per heavy atom. The molecule has 0 spiro atoms. The van der Waals surface area contributed by atoms with E-state index in [9.17, 15) is 0 Å². The van der Waals surface area contributed by atoms with Gasteiger partial charge in [-0.1, -0.05) is 170 Å². The van der Waals surface area contributed by atoms with Crippen LogP contribution in [-0.2, 0) is 0 Å². The lowest BCUT2D eigenvalue weighted by atomic mass is 9.92. The van der Waals surface area contributed by atoms with Crippen molar-refractivity contribution in [2.45, 2.75) is 0 Å². The molecule has 0 atom stereocenters. The summed E-state index contributed by atoms with van der Waals surface area (Å²) in [5, 5.41) is 4.52. The van der Waals surface area contributed by atoms with Crippen molar-refractivity contribution in [1.29, 1.82) is 0 Å². The summed E-state index contributed by atoms with van der Waals surface area (Å²) in [4.78, 5) is 15.1. The number of fused-ring (bicyclic) bond motifs is 6. The molecule has 5 heteroatoms. The number of hydrogen-bond donors (Lipinski definition) is 0. The van der Waals surface area contributed by atoms with Crippen molar-refractivity contribution in [1.82, 2.24) is 15.0 Å². The first-order valence-electron chi connectivity index (χ1n) is 18.7. The number of para-hydroxylation sites is 1. The zero-order valence-electron chi connectivity index (χ0n) is 30.1. The van der Waals surface area contributed by atoms with Crippen LogP contribution in [-0.4, -0.2) is 15.0 Å². The lowest BCUT2D eigenvalue weighted by Gasteiger charge is -2.11. The van der Waals surface area contributed by atoms with Gasteiger partial charge in [-0.3, -0.25) is 0 Å². The number of benzene rings is 8. The molecule has 11 rings (SSSR count). The van der Waals surface area contributed by atoms with Gasteiger partial charge in [0, 0.05) is 58.8 Å². The van der Waals surface area contributed by atoms with Gasteiger partial charge in [-0.25, -0.2) is 15.0 Å². The molecule has 3 aromatic heterocycles. The van der Waals surface area contributed by atoms with E-state index in [1.54, 1.807) is 0 Å². The Kier molecular flexibility index (Phi) is 7.64. The highest BCUT2D eigenvalue weighted by Gasteiger charge is 2.22. The van der Waals surface area contributed by atoms with Crippen LogP contribution >= 0.6 is 11.3 Å². The van der Waals surface area contributed by atoms with E-state index in [1.807, 2.05) is 84.1 Å². The smallest absolute Gasteiger partial charge is 0.164 e. The Morgan fingerprint density at radius 1 is 0.357 bits per heavy atom.